The first-order valence-electron chi connectivity index (χ1n) is 7.45. The minimum absolute atomic E-state index is 0.156. The van der Waals surface area contributed by atoms with Gasteiger partial charge in [0.25, 0.3) is 0 Å². The maximum absolute atomic E-state index is 12.9. The number of carbonyl (C=O) groups is 1. The largest absolute Gasteiger partial charge is 0.397 e. The van der Waals surface area contributed by atoms with Gasteiger partial charge in [0.15, 0.2) is 0 Å². The van der Waals surface area contributed by atoms with Gasteiger partial charge < -0.3 is 9.05 Å². The van der Waals surface area contributed by atoms with E-state index in [4.69, 9.17) is 9.05 Å². The molecule has 1 aromatic carbocycles. The van der Waals surface area contributed by atoms with E-state index in [1.807, 2.05) is 30.3 Å². The van der Waals surface area contributed by atoms with Gasteiger partial charge in [0.05, 0.1) is 13.2 Å². The topological polar surface area (TPSA) is 52.6 Å². The summed E-state index contributed by atoms with van der Waals surface area (Å²) in [6, 6.07) is 9.55. The molecule has 1 rings (SSSR count). The fourth-order valence-electron chi connectivity index (χ4n) is 2.49. The highest BCUT2D eigenvalue weighted by atomic mass is 31.2. The molecule has 0 unspecified atom stereocenters. The molecule has 0 saturated carbocycles. The Labute approximate surface area is 133 Å². The Hall–Kier alpha value is -1.22. The summed E-state index contributed by atoms with van der Waals surface area (Å²) in [5.41, 5.74) is -0.531. The van der Waals surface area contributed by atoms with Crippen LogP contribution in [0.25, 0.3) is 0 Å². The quantitative estimate of drug-likeness (QED) is 0.485. The highest BCUT2D eigenvalue weighted by Gasteiger charge is 2.48. The first kappa shape index (κ1) is 18.8. The molecule has 0 aromatic heterocycles. The highest BCUT2D eigenvalue weighted by Crippen LogP contribution is 2.57. The van der Waals surface area contributed by atoms with Crippen molar-refractivity contribution in [2.24, 2.45) is 5.41 Å². The van der Waals surface area contributed by atoms with Gasteiger partial charge in [-0.2, -0.15) is 0 Å². The third-order valence-corrected chi connectivity index (χ3v) is 5.84. The molecule has 0 amide bonds. The second kappa shape index (κ2) is 7.87. The highest BCUT2D eigenvalue weighted by molar-refractivity contribution is 7.72. The van der Waals surface area contributed by atoms with E-state index < -0.39 is 18.5 Å². The number of allylic oxidation sites excluding steroid dienone is 1. The Kier molecular flexibility index (Phi) is 6.73. The summed E-state index contributed by atoms with van der Waals surface area (Å²) in [6.07, 6.45) is 1.70. The molecule has 0 N–H and O–H groups in total. The molecule has 1 aromatic rings. The minimum Gasteiger partial charge on any atom is -0.303 e. The van der Waals surface area contributed by atoms with Gasteiger partial charge in [-0.15, -0.1) is 6.58 Å². The van der Waals surface area contributed by atoms with Crippen molar-refractivity contribution < 1.29 is 18.4 Å². The summed E-state index contributed by atoms with van der Waals surface area (Å²) < 4.78 is 23.2. The lowest BCUT2D eigenvalue weighted by Gasteiger charge is -2.33. The average Bonchev–Trinajstić information content (AvgIpc) is 2.48. The van der Waals surface area contributed by atoms with Crippen LogP contribution >= 0.6 is 7.60 Å². The maximum Gasteiger partial charge on any atom is 0.397 e. The fourth-order valence-corrected chi connectivity index (χ4v) is 4.32. The molecule has 4 nitrogen and oxygen atoms in total. The van der Waals surface area contributed by atoms with Crippen molar-refractivity contribution in [3.05, 3.63) is 48.6 Å². The molecule has 122 valence electrons. The lowest BCUT2D eigenvalue weighted by Crippen LogP contribution is -2.31. The number of hydrogen-bond acceptors (Lipinski definition) is 4. The average molecular weight is 324 g/mol. The number of carbonyl (C=O) groups excluding carboxylic acids is 1. The third kappa shape index (κ3) is 3.95. The predicted molar refractivity (Wildman–Crippen MR) is 89.0 cm³/mol. The van der Waals surface area contributed by atoms with Crippen LogP contribution in [0.1, 0.15) is 39.2 Å². The van der Waals surface area contributed by atoms with E-state index >= 15 is 0 Å². The standard InChI is InChI=1S/C17H25O4P/c1-6-15(14-12-10-9-11-13-14)17(4,5)16(18)22(19,20-7-2)21-8-3/h6,9-13,15H,1,7-8H2,2-5H3/t15-/m0/s1. The lowest BCUT2D eigenvalue weighted by atomic mass is 9.76. The van der Waals surface area contributed by atoms with Crippen LogP contribution in [0.3, 0.4) is 0 Å². The molecule has 0 aliphatic carbocycles. The smallest absolute Gasteiger partial charge is 0.303 e. The van der Waals surface area contributed by atoms with Crippen molar-refractivity contribution in [1.82, 2.24) is 0 Å². The molecule has 0 radical (unpaired) electrons. The minimum atomic E-state index is -3.81. The van der Waals surface area contributed by atoms with Crippen molar-refractivity contribution in [3.63, 3.8) is 0 Å². The molecule has 22 heavy (non-hydrogen) atoms. The SMILES string of the molecule is C=C[C@@H](c1ccccc1)C(C)(C)C(=O)P(=O)(OCC)OCC. The van der Waals surface area contributed by atoms with Gasteiger partial charge in [0, 0.05) is 11.3 Å². The molecule has 5 heteroatoms. The van der Waals surface area contributed by atoms with Gasteiger partial charge in [-0.25, -0.2) is 0 Å². The lowest BCUT2D eigenvalue weighted by molar-refractivity contribution is -0.122. The van der Waals surface area contributed by atoms with Crippen molar-refractivity contribution in [1.29, 1.82) is 0 Å². The maximum atomic E-state index is 12.9. The molecule has 0 fully saturated rings. The molecular weight excluding hydrogens is 299 g/mol. The number of hydrogen-bond donors (Lipinski definition) is 0. The first-order valence-corrected chi connectivity index (χ1v) is 8.99. The molecule has 0 saturated heterocycles. The van der Waals surface area contributed by atoms with Crippen LogP contribution in [-0.4, -0.2) is 18.7 Å². The molecule has 0 heterocycles. The zero-order chi connectivity index (χ0) is 16.8. The van der Waals surface area contributed by atoms with E-state index in [2.05, 4.69) is 6.58 Å². The van der Waals surface area contributed by atoms with Crippen LogP contribution in [0.2, 0.25) is 0 Å². The van der Waals surface area contributed by atoms with Gasteiger partial charge in [-0.05, 0) is 19.4 Å². The number of rotatable bonds is 9. The summed E-state index contributed by atoms with van der Waals surface area (Å²) >= 11 is 0. The molecule has 1 atom stereocenters. The van der Waals surface area contributed by atoms with E-state index in [0.29, 0.717) is 0 Å². The van der Waals surface area contributed by atoms with Crippen molar-refractivity contribution >= 4 is 13.1 Å². The summed E-state index contributed by atoms with van der Waals surface area (Å²) in [5.74, 6) is -0.282. The zero-order valence-electron chi connectivity index (χ0n) is 13.7. The van der Waals surface area contributed by atoms with Crippen molar-refractivity contribution in [3.8, 4) is 0 Å². The Morgan fingerprint density at radius 3 is 2.14 bits per heavy atom. The zero-order valence-corrected chi connectivity index (χ0v) is 14.6. The predicted octanol–water partition coefficient (Wildman–Crippen LogP) is 4.78. The molecule has 0 aliphatic heterocycles. The normalized spacial score (nSPS) is 13.6. The van der Waals surface area contributed by atoms with Crippen molar-refractivity contribution in [2.75, 3.05) is 13.2 Å². The molecule has 0 aliphatic rings. The van der Waals surface area contributed by atoms with E-state index in [1.54, 1.807) is 33.8 Å². The van der Waals surface area contributed by atoms with Crippen LogP contribution in [0.15, 0.2) is 43.0 Å². The Bertz CT molecular complexity index is 541. The molecule has 0 bridgehead atoms. The van der Waals surface area contributed by atoms with E-state index in [-0.39, 0.29) is 19.1 Å². The fraction of sp³-hybridized carbons (Fsp3) is 0.471. The van der Waals surface area contributed by atoms with Gasteiger partial charge >= 0.3 is 7.60 Å². The van der Waals surface area contributed by atoms with Crippen LogP contribution in [0.5, 0.6) is 0 Å². The number of benzene rings is 1. The Morgan fingerprint density at radius 1 is 1.23 bits per heavy atom. The van der Waals surface area contributed by atoms with E-state index in [9.17, 15) is 9.36 Å². The summed E-state index contributed by atoms with van der Waals surface area (Å²) in [7, 11) is -3.81. The summed E-state index contributed by atoms with van der Waals surface area (Å²) in [5, 5.41) is 0. The van der Waals surface area contributed by atoms with Gasteiger partial charge in [-0.3, -0.25) is 9.36 Å². The van der Waals surface area contributed by atoms with Crippen LogP contribution in [0.4, 0.5) is 0 Å². The second-order valence-electron chi connectivity index (χ2n) is 5.48. The van der Waals surface area contributed by atoms with Gasteiger partial charge in [0.1, 0.15) is 0 Å². The van der Waals surface area contributed by atoms with Crippen molar-refractivity contribution in [2.45, 2.75) is 33.6 Å². The molecule has 0 spiro atoms. The van der Waals surface area contributed by atoms with Gasteiger partial charge in [0.2, 0.25) is 5.52 Å². The Balaban J connectivity index is 3.21. The van der Waals surface area contributed by atoms with Crippen LogP contribution in [-0.2, 0) is 18.4 Å². The Morgan fingerprint density at radius 2 is 1.73 bits per heavy atom. The van der Waals surface area contributed by atoms with Crippen LogP contribution in [0, 0.1) is 5.41 Å². The molecular formula is C17H25O4P. The van der Waals surface area contributed by atoms with Crippen LogP contribution < -0.4 is 0 Å². The van der Waals surface area contributed by atoms with E-state index in [0.717, 1.165) is 5.56 Å². The monoisotopic (exact) mass is 324 g/mol. The second-order valence-corrected chi connectivity index (χ2v) is 7.40. The summed E-state index contributed by atoms with van der Waals surface area (Å²) in [4.78, 5) is 12.9. The van der Waals surface area contributed by atoms with Gasteiger partial charge in [-0.1, -0.05) is 50.3 Å². The first-order chi connectivity index (χ1) is 10.3. The third-order valence-electron chi connectivity index (χ3n) is 3.57. The summed E-state index contributed by atoms with van der Waals surface area (Å²) in [6.45, 7) is 11.0. The van der Waals surface area contributed by atoms with E-state index in [1.165, 1.54) is 0 Å².